The van der Waals surface area contributed by atoms with Crippen LogP contribution in [0.3, 0.4) is 0 Å². The minimum atomic E-state index is -0.670. The quantitative estimate of drug-likeness (QED) is 0.0760. The molecule has 0 aliphatic carbocycles. The smallest absolute Gasteiger partial charge is 0.309 e. The van der Waals surface area contributed by atoms with E-state index in [0.29, 0.717) is 24.2 Å². The Hall–Kier alpha value is -1.06. The molecule has 2 N–H and O–H groups in total. The van der Waals surface area contributed by atoms with Gasteiger partial charge in [-0.05, 0) is 43.4 Å². The number of hydrogen-bond acceptors (Lipinski definition) is 2. The standard InChI is InChI=1S/C38H74O4/c1-6-11-27-33(8-3)31-38(37(41)42,32-34(9-4)28-12-7-2)35(10-5)29-25-23-21-19-17-15-13-14-16-18-20-22-24-26-30-36(39)40/h33-35H,6-32H2,1-5H3,(H,39,40)(H,41,42). The third kappa shape index (κ3) is 19.3. The Morgan fingerprint density at radius 3 is 1.19 bits per heavy atom. The van der Waals surface area contributed by atoms with Crippen LogP contribution in [0.5, 0.6) is 0 Å². The van der Waals surface area contributed by atoms with E-state index >= 15 is 0 Å². The topological polar surface area (TPSA) is 74.6 Å². The normalized spacial score (nSPS) is 15.3. The second kappa shape index (κ2) is 27.5. The molecule has 0 radical (unpaired) electrons. The summed E-state index contributed by atoms with van der Waals surface area (Å²) in [4.78, 5) is 23.8. The SMILES string of the molecule is CCCCC(CC)CC(CC(CC)CCCC)(C(=O)O)C(CC)CCCCCCCCCCCCCCCCC(=O)O. The molecule has 0 saturated heterocycles. The summed E-state index contributed by atoms with van der Waals surface area (Å²) in [5, 5.41) is 19.6. The summed E-state index contributed by atoms with van der Waals surface area (Å²) in [6.45, 7) is 11.3. The summed E-state index contributed by atoms with van der Waals surface area (Å²) in [5.74, 6) is 0.179. The molecule has 4 heteroatoms. The molecular weight excluding hydrogens is 520 g/mol. The number of rotatable bonds is 32. The third-order valence-corrected chi connectivity index (χ3v) is 10.3. The van der Waals surface area contributed by atoms with Crippen LogP contribution in [-0.4, -0.2) is 22.2 Å². The molecule has 0 amide bonds. The molecule has 0 spiro atoms. The first-order valence-corrected chi connectivity index (χ1v) is 18.8. The summed E-state index contributed by atoms with van der Waals surface area (Å²) >= 11 is 0. The lowest BCUT2D eigenvalue weighted by Crippen LogP contribution is -2.42. The fraction of sp³-hybridized carbons (Fsp3) is 0.947. The fourth-order valence-electron chi connectivity index (χ4n) is 7.34. The lowest BCUT2D eigenvalue weighted by Gasteiger charge is -2.42. The zero-order chi connectivity index (χ0) is 31.5. The predicted molar refractivity (Wildman–Crippen MR) is 181 cm³/mol. The van der Waals surface area contributed by atoms with Gasteiger partial charge in [0.2, 0.25) is 0 Å². The van der Waals surface area contributed by atoms with Crippen LogP contribution < -0.4 is 0 Å². The van der Waals surface area contributed by atoms with Crippen molar-refractivity contribution in [2.45, 2.75) is 208 Å². The van der Waals surface area contributed by atoms with Crippen molar-refractivity contribution in [3.63, 3.8) is 0 Å². The number of carbonyl (C=O) groups is 2. The molecule has 0 aromatic heterocycles. The molecule has 250 valence electrons. The highest BCUT2D eigenvalue weighted by Crippen LogP contribution is 2.47. The lowest BCUT2D eigenvalue weighted by molar-refractivity contribution is -0.157. The van der Waals surface area contributed by atoms with E-state index in [4.69, 9.17) is 5.11 Å². The van der Waals surface area contributed by atoms with Gasteiger partial charge in [-0.1, -0.05) is 176 Å². The van der Waals surface area contributed by atoms with Crippen LogP contribution in [0.2, 0.25) is 0 Å². The Morgan fingerprint density at radius 2 is 0.881 bits per heavy atom. The monoisotopic (exact) mass is 595 g/mol. The van der Waals surface area contributed by atoms with Crippen molar-refractivity contribution in [3.8, 4) is 0 Å². The molecule has 0 saturated carbocycles. The van der Waals surface area contributed by atoms with Crippen LogP contribution in [0, 0.1) is 23.2 Å². The van der Waals surface area contributed by atoms with Crippen molar-refractivity contribution >= 4 is 11.9 Å². The highest BCUT2D eigenvalue weighted by Gasteiger charge is 2.46. The van der Waals surface area contributed by atoms with Gasteiger partial charge in [0, 0.05) is 6.42 Å². The molecule has 42 heavy (non-hydrogen) atoms. The van der Waals surface area contributed by atoms with Crippen molar-refractivity contribution < 1.29 is 19.8 Å². The first-order chi connectivity index (χ1) is 20.3. The van der Waals surface area contributed by atoms with E-state index in [2.05, 4.69) is 34.6 Å². The summed E-state index contributed by atoms with van der Waals surface area (Å²) < 4.78 is 0. The van der Waals surface area contributed by atoms with E-state index in [-0.39, 0.29) is 0 Å². The molecule has 0 aromatic carbocycles. The number of carboxylic acid groups (broad SMARTS) is 2. The Kier molecular flexibility index (Phi) is 26.8. The minimum absolute atomic E-state index is 0.290. The summed E-state index contributed by atoms with van der Waals surface area (Å²) in [5.41, 5.74) is -0.559. The molecule has 0 fully saturated rings. The Labute approximate surface area is 262 Å². The van der Waals surface area contributed by atoms with Gasteiger partial charge in [-0.2, -0.15) is 0 Å². The van der Waals surface area contributed by atoms with Gasteiger partial charge in [-0.25, -0.2) is 0 Å². The van der Waals surface area contributed by atoms with Crippen LogP contribution in [0.15, 0.2) is 0 Å². The van der Waals surface area contributed by atoms with Crippen LogP contribution in [0.25, 0.3) is 0 Å². The third-order valence-electron chi connectivity index (χ3n) is 10.3. The van der Waals surface area contributed by atoms with Crippen LogP contribution >= 0.6 is 0 Å². The van der Waals surface area contributed by atoms with Crippen LogP contribution in [0.4, 0.5) is 0 Å². The molecule has 4 nitrogen and oxygen atoms in total. The van der Waals surface area contributed by atoms with Crippen molar-refractivity contribution in [3.05, 3.63) is 0 Å². The van der Waals surface area contributed by atoms with Crippen molar-refractivity contribution in [1.82, 2.24) is 0 Å². The van der Waals surface area contributed by atoms with Gasteiger partial charge in [0.05, 0.1) is 5.41 Å². The average Bonchev–Trinajstić information content (AvgIpc) is 2.98. The van der Waals surface area contributed by atoms with Crippen molar-refractivity contribution in [2.75, 3.05) is 0 Å². The van der Waals surface area contributed by atoms with Crippen LogP contribution in [0.1, 0.15) is 208 Å². The highest BCUT2D eigenvalue weighted by atomic mass is 16.4. The average molecular weight is 595 g/mol. The zero-order valence-corrected chi connectivity index (χ0v) is 29.0. The molecule has 0 aliphatic heterocycles. The Morgan fingerprint density at radius 1 is 0.500 bits per heavy atom. The van der Waals surface area contributed by atoms with Gasteiger partial charge < -0.3 is 10.2 Å². The Balaban J connectivity index is 4.65. The predicted octanol–water partition coefficient (Wildman–Crippen LogP) is 12.6. The summed E-state index contributed by atoms with van der Waals surface area (Å²) in [7, 11) is 0. The largest absolute Gasteiger partial charge is 0.481 e. The molecule has 0 aromatic rings. The van der Waals surface area contributed by atoms with E-state index in [9.17, 15) is 14.7 Å². The molecule has 3 unspecified atom stereocenters. The molecule has 0 bridgehead atoms. The summed E-state index contributed by atoms with van der Waals surface area (Å²) in [6, 6.07) is 0. The van der Waals surface area contributed by atoms with Crippen molar-refractivity contribution in [2.24, 2.45) is 23.2 Å². The van der Waals surface area contributed by atoms with Gasteiger partial charge >= 0.3 is 11.9 Å². The minimum Gasteiger partial charge on any atom is -0.481 e. The molecule has 0 aliphatic rings. The number of hydrogen-bond donors (Lipinski definition) is 2. The van der Waals surface area contributed by atoms with Gasteiger partial charge in [-0.3, -0.25) is 9.59 Å². The van der Waals surface area contributed by atoms with E-state index < -0.39 is 17.4 Å². The molecular formula is C38H74O4. The number of unbranched alkanes of at least 4 members (excludes halogenated alkanes) is 15. The maximum Gasteiger partial charge on any atom is 0.309 e. The maximum absolute atomic E-state index is 13.2. The van der Waals surface area contributed by atoms with Crippen LogP contribution in [-0.2, 0) is 9.59 Å². The second-order valence-electron chi connectivity index (χ2n) is 13.7. The second-order valence-corrected chi connectivity index (χ2v) is 13.7. The van der Waals surface area contributed by atoms with Crippen molar-refractivity contribution in [1.29, 1.82) is 0 Å². The van der Waals surface area contributed by atoms with Gasteiger partial charge in [0.15, 0.2) is 0 Å². The fourth-order valence-corrected chi connectivity index (χ4v) is 7.34. The molecule has 3 atom stereocenters. The first-order valence-electron chi connectivity index (χ1n) is 18.8. The highest BCUT2D eigenvalue weighted by molar-refractivity contribution is 5.75. The van der Waals surface area contributed by atoms with Gasteiger partial charge in [0.1, 0.15) is 0 Å². The number of carboxylic acids is 2. The van der Waals surface area contributed by atoms with E-state index in [0.717, 1.165) is 51.4 Å². The van der Waals surface area contributed by atoms with Gasteiger partial charge in [-0.15, -0.1) is 0 Å². The van der Waals surface area contributed by atoms with E-state index in [1.54, 1.807) is 0 Å². The zero-order valence-electron chi connectivity index (χ0n) is 29.0. The Bertz CT molecular complexity index is 613. The first kappa shape index (κ1) is 40.9. The van der Waals surface area contributed by atoms with E-state index in [1.165, 1.54) is 116 Å². The summed E-state index contributed by atoms with van der Waals surface area (Å²) in [6.07, 6.45) is 30.8. The maximum atomic E-state index is 13.2. The molecule has 0 rings (SSSR count). The van der Waals surface area contributed by atoms with E-state index in [1.807, 2.05) is 0 Å². The van der Waals surface area contributed by atoms with Gasteiger partial charge in [0.25, 0.3) is 0 Å². The lowest BCUT2D eigenvalue weighted by atomic mass is 9.61. The molecule has 0 heterocycles. The number of aliphatic carboxylic acids is 2.